The highest BCUT2D eigenvalue weighted by Gasteiger charge is 2.20. The molecule has 0 bridgehead atoms. The molecule has 0 saturated carbocycles. The predicted molar refractivity (Wildman–Crippen MR) is 80.4 cm³/mol. The number of rotatable bonds is 4. The van der Waals surface area contributed by atoms with Crippen LogP contribution in [0.5, 0.6) is 0 Å². The molecule has 102 valence electrons. The number of nitrogens with zero attached hydrogens (tertiary/aromatic N) is 1. The van der Waals surface area contributed by atoms with Crippen LogP contribution in [0.2, 0.25) is 0 Å². The van der Waals surface area contributed by atoms with E-state index in [1.165, 1.54) is 5.57 Å². The van der Waals surface area contributed by atoms with Crippen molar-refractivity contribution in [3.8, 4) is 0 Å². The summed E-state index contributed by atoms with van der Waals surface area (Å²) in [5.74, 6) is 0.0424. The van der Waals surface area contributed by atoms with Gasteiger partial charge in [-0.2, -0.15) is 0 Å². The van der Waals surface area contributed by atoms with Crippen molar-refractivity contribution in [2.75, 3.05) is 23.7 Å². The highest BCUT2D eigenvalue weighted by Crippen LogP contribution is 2.32. The van der Waals surface area contributed by atoms with E-state index >= 15 is 0 Å². The van der Waals surface area contributed by atoms with E-state index in [0.717, 1.165) is 35.8 Å². The summed E-state index contributed by atoms with van der Waals surface area (Å²) in [5, 5.41) is 9.50. The van der Waals surface area contributed by atoms with E-state index in [0.29, 0.717) is 5.56 Å². The molecule has 0 fully saturated rings. The first kappa shape index (κ1) is 14.0. The van der Waals surface area contributed by atoms with Crippen molar-refractivity contribution in [1.82, 2.24) is 0 Å². The second-order valence-corrected chi connectivity index (χ2v) is 5.94. The number of carboxylic acids is 1. The normalized spacial score (nSPS) is 15.3. The Labute approximate surface area is 118 Å². The third-order valence-electron chi connectivity index (χ3n) is 3.29. The Morgan fingerprint density at radius 2 is 2.26 bits per heavy atom. The molecule has 0 radical (unpaired) electrons. The number of hydrogen-bond donors (Lipinski definition) is 1. The molecule has 0 saturated heterocycles. The number of benzene rings is 1. The molecule has 0 unspecified atom stereocenters. The molecule has 0 aliphatic carbocycles. The first-order chi connectivity index (χ1) is 9.13. The molecule has 4 heteroatoms. The average Bonchev–Trinajstić information content (AvgIpc) is 2.39. The third kappa shape index (κ3) is 3.13. The molecule has 1 aromatic rings. The van der Waals surface area contributed by atoms with Gasteiger partial charge in [0, 0.05) is 18.0 Å². The maximum atomic E-state index is 11.6. The minimum absolute atomic E-state index is 0.447. The van der Waals surface area contributed by atoms with Crippen LogP contribution in [0.3, 0.4) is 0 Å². The molecule has 1 aliphatic rings. The average molecular weight is 277 g/mol. The van der Waals surface area contributed by atoms with Gasteiger partial charge in [-0.1, -0.05) is 24.6 Å². The minimum Gasteiger partial charge on any atom is -0.478 e. The molecule has 0 amide bonds. The van der Waals surface area contributed by atoms with Crippen molar-refractivity contribution in [1.29, 1.82) is 0 Å². The fourth-order valence-electron chi connectivity index (χ4n) is 2.26. The Balaban J connectivity index is 2.39. The van der Waals surface area contributed by atoms with Crippen molar-refractivity contribution in [3.05, 3.63) is 35.4 Å². The van der Waals surface area contributed by atoms with Gasteiger partial charge in [0.05, 0.1) is 11.3 Å². The lowest BCUT2D eigenvalue weighted by molar-refractivity contribution is 0.0694. The van der Waals surface area contributed by atoms with Crippen LogP contribution in [0.15, 0.2) is 34.7 Å². The molecular weight excluding hydrogens is 258 g/mol. The number of carbonyl (C=O) groups is 1. The van der Waals surface area contributed by atoms with Crippen LogP contribution in [-0.4, -0.2) is 29.9 Å². The quantitative estimate of drug-likeness (QED) is 0.673. The van der Waals surface area contributed by atoms with Gasteiger partial charge in [0.2, 0.25) is 0 Å². The molecule has 0 aromatic heterocycles. The molecule has 1 aliphatic heterocycles. The van der Waals surface area contributed by atoms with E-state index in [2.05, 4.69) is 17.9 Å². The number of anilines is 1. The first-order valence-electron chi connectivity index (χ1n) is 6.53. The van der Waals surface area contributed by atoms with E-state index in [1.807, 2.05) is 25.1 Å². The Morgan fingerprint density at radius 3 is 2.84 bits per heavy atom. The summed E-state index contributed by atoms with van der Waals surface area (Å²) in [5.41, 5.74) is 2.67. The van der Waals surface area contributed by atoms with Gasteiger partial charge < -0.3 is 10.0 Å². The van der Waals surface area contributed by atoms with E-state index < -0.39 is 5.97 Å². The molecule has 0 spiro atoms. The van der Waals surface area contributed by atoms with Gasteiger partial charge in [-0.25, -0.2) is 4.79 Å². The van der Waals surface area contributed by atoms with E-state index in [4.69, 9.17) is 0 Å². The van der Waals surface area contributed by atoms with Crippen molar-refractivity contribution in [3.63, 3.8) is 0 Å². The van der Waals surface area contributed by atoms with Gasteiger partial charge in [0.25, 0.3) is 0 Å². The lowest BCUT2D eigenvalue weighted by Gasteiger charge is -2.29. The zero-order valence-electron chi connectivity index (χ0n) is 11.3. The lowest BCUT2D eigenvalue weighted by atomic mass is 10.1. The van der Waals surface area contributed by atoms with Crippen molar-refractivity contribution in [2.45, 2.75) is 25.2 Å². The summed E-state index contributed by atoms with van der Waals surface area (Å²) in [6.45, 7) is 5.85. The number of carboxylic acid groups (broad SMARTS) is 1. The van der Waals surface area contributed by atoms with Crippen molar-refractivity contribution in [2.24, 2.45) is 0 Å². The van der Waals surface area contributed by atoms with Gasteiger partial charge in [-0.05, 0) is 31.2 Å². The number of hydrogen-bond acceptors (Lipinski definition) is 3. The summed E-state index contributed by atoms with van der Waals surface area (Å²) in [6.07, 6.45) is 3.18. The van der Waals surface area contributed by atoms with Crippen LogP contribution in [0, 0.1) is 0 Å². The second-order valence-electron chi connectivity index (χ2n) is 4.63. The highest BCUT2D eigenvalue weighted by molar-refractivity contribution is 7.99. The molecule has 0 atom stereocenters. The van der Waals surface area contributed by atoms with Crippen LogP contribution >= 0.6 is 11.8 Å². The minimum atomic E-state index is -0.835. The number of thioether (sulfide) groups is 1. The van der Waals surface area contributed by atoms with Gasteiger partial charge in [0.1, 0.15) is 0 Å². The molecule has 19 heavy (non-hydrogen) atoms. The van der Waals surface area contributed by atoms with Crippen LogP contribution in [0.25, 0.3) is 0 Å². The molecule has 2 rings (SSSR count). The van der Waals surface area contributed by atoms with Crippen molar-refractivity contribution < 1.29 is 9.90 Å². The summed E-state index contributed by atoms with van der Waals surface area (Å²) < 4.78 is 0. The van der Waals surface area contributed by atoms with Crippen LogP contribution in [0.1, 0.15) is 30.6 Å². The largest absolute Gasteiger partial charge is 0.478 e. The molecule has 1 heterocycles. The zero-order chi connectivity index (χ0) is 13.8. The van der Waals surface area contributed by atoms with Gasteiger partial charge in [-0.3, -0.25) is 0 Å². The topological polar surface area (TPSA) is 40.5 Å². The van der Waals surface area contributed by atoms with Crippen LogP contribution in [0.4, 0.5) is 5.69 Å². The summed E-state index contributed by atoms with van der Waals surface area (Å²) >= 11 is 1.59. The SMILES string of the molecule is CCSc1cccc(N2CC=C(C)CC2)c1C(=O)O. The van der Waals surface area contributed by atoms with E-state index in [-0.39, 0.29) is 0 Å². The Morgan fingerprint density at radius 1 is 1.47 bits per heavy atom. The smallest absolute Gasteiger partial charge is 0.338 e. The molecule has 1 aromatic carbocycles. The maximum absolute atomic E-state index is 11.6. The first-order valence-corrected chi connectivity index (χ1v) is 7.51. The fourth-order valence-corrected chi connectivity index (χ4v) is 3.09. The van der Waals surface area contributed by atoms with E-state index in [1.54, 1.807) is 11.8 Å². The Kier molecular flexibility index (Phi) is 4.53. The third-order valence-corrected chi connectivity index (χ3v) is 4.23. The van der Waals surface area contributed by atoms with Crippen molar-refractivity contribution >= 4 is 23.4 Å². The fraction of sp³-hybridized carbons (Fsp3) is 0.400. The van der Waals surface area contributed by atoms with Gasteiger partial charge in [-0.15, -0.1) is 11.8 Å². The summed E-state index contributed by atoms with van der Waals surface area (Å²) in [7, 11) is 0. The zero-order valence-corrected chi connectivity index (χ0v) is 12.2. The monoisotopic (exact) mass is 277 g/mol. The van der Waals surface area contributed by atoms with E-state index in [9.17, 15) is 9.90 Å². The summed E-state index contributed by atoms with van der Waals surface area (Å²) in [4.78, 5) is 14.6. The predicted octanol–water partition coefficient (Wildman–Crippen LogP) is 3.65. The van der Waals surface area contributed by atoms with Crippen LogP contribution in [-0.2, 0) is 0 Å². The Bertz CT molecular complexity index is 511. The second kappa shape index (κ2) is 6.15. The molecular formula is C15H19NO2S. The highest BCUT2D eigenvalue weighted by atomic mass is 32.2. The van der Waals surface area contributed by atoms with Gasteiger partial charge in [0.15, 0.2) is 0 Å². The maximum Gasteiger partial charge on any atom is 0.338 e. The molecule has 3 nitrogen and oxygen atoms in total. The number of aromatic carboxylic acids is 1. The van der Waals surface area contributed by atoms with Gasteiger partial charge >= 0.3 is 5.97 Å². The van der Waals surface area contributed by atoms with Crippen LogP contribution < -0.4 is 4.90 Å². The standard InChI is InChI=1S/C15H19NO2S/c1-3-19-13-6-4-5-12(14(13)15(17)18)16-9-7-11(2)8-10-16/h4-7H,3,8-10H2,1-2H3,(H,17,18). The Hall–Kier alpha value is -1.42. The summed E-state index contributed by atoms with van der Waals surface area (Å²) in [6, 6.07) is 5.76. The molecule has 1 N–H and O–H groups in total. The lowest BCUT2D eigenvalue weighted by Crippen LogP contribution is -2.29.